The molecule has 1 spiro atoms. The molecule has 3 aliphatic rings. The molecule has 1 N–H and O–H groups in total. The molecule has 3 fully saturated rings. The van der Waals surface area contributed by atoms with Crippen LogP contribution < -0.4 is 5.32 Å². The number of benzene rings is 1. The molecule has 4 rings (SSSR count). The van der Waals surface area contributed by atoms with Gasteiger partial charge in [0.15, 0.2) is 0 Å². The van der Waals surface area contributed by atoms with Crippen molar-refractivity contribution in [1.29, 1.82) is 0 Å². The van der Waals surface area contributed by atoms with Crippen LogP contribution in [0.5, 0.6) is 0 Å². The van der Waals surface area contributed by atoms with Gasteiger partial charge in [-0.05, 0) is 18.4 Å². The van der Waals surface area contributed by atoms with Crippen molar-refractivity contribution in [3.63, 3.8) is 0 Å². The minimum absolute atomic E-state index is 0.189. The smallest absolute Gasteiger partial charge is 0.227 e. The topological polar surface area (TPSA) is 35.6 Å². The maximum absolute atomic E-state index is 12.9. The van der Waals surface area contributed by atoms with Gasteiger partial charge in [-0.15, -0.1) is 0 Å². The van der Waals surface area contributed by atoms with Crippen LogP contribution in [0.15, 0.2) is 30.3 Å². The van der Waals surface area contributed by atoms with Crippen LogP contribution in [0.3, 0.4) is 0 Å². The molecule has 0 bridgehead atoms. The molecule has 0 aromatic heterocycles. The normalized spacial score (nSPS) is 27.3. The lowest BCUT2D eigenvalue weighted by Crippen LogP contribution is -2.60. The van der Waals surface area contributed by atoms with Gasteiger partial charge in [0.2, 0.25) is 5.91 Å². The first kappa shape index (κ1) is 14.2. The van der Waals surface area contributed by atoms with Crippen molar-refractivity contribution in [2.24, 2.45) is 11.3 Å². The largest absolute Gasteiger partial charge is 0.342 e. The molecule has 0 radical (unpaired) electrons. The lowest BCUT2D eigenvalue weighted by molar-refractivity contribution is -0.138. The van der Waals surface area contributed by atoms with E-state index in [9.17, 15) is 4.79 Å². The third-order valence-electron chi connectivity index (χ3n) is 5.64. The van der Waals surface area contributed by atoms with Gasteiger partial charge in [-0.1, -0.05) is 30.3 Å². The molecule has 3 aliphatic heterocycles. The van der Waals surface area contributed by atoms with Gasteiger partial charge >= 0.3 is 0 Å². The molecule has 22 heavy (non-hydrogen) atoms. The SMILES string of the molecule is O=C(C1CN(Cc2ccccc2)CC12CNC2)N1CCCC1. The van der Waals surface area contributed by atoms with Gasteiger partial charge in [0.1, 0.15) is 0 Å². The summed E-state index contributed by atoms with van der Waals surface area (Å²) < 4.78 is 0. The van der Waals surface area contributed by atoms with Gasteiger partial charge in [0.25, 0.3) is 0 Å². The van der Waals surface area contributed by atoms with Crippen LogP contribution in [0, 0.1) is 11.3 Å². The van der Waals surface area contributed by atoms with Crippen LogP contribution in [0.1, 0.15) is 18.4 Å². The van der Waals surface area contributed by atoms with Crippen molar-refractivity contribution in [2.45, 2.75) is 19.4 Å². The summed E-state index contributed by atoms with van der Waals surface area (Å²) in [6.07, 6.45) is 2.36. The highest BCUT2D eigenvalue weighted by atomic mass is 16.2. The Morgan fingerprint density at radius 1 is 1.18 bits per heavy atom. The Kier molecular flexibility index (Phi) is 3.66. The fourth-order valence-electron chi connectivity index (χ4n) is 4.34. The quantitative estimate of drug-likeness (QED) is 0.915. The second-order valence-electron chi connectivity index (χ2n) is 7.21. The monoisotopic (exact) mass is 299 g/mol. The Hall–Kier alpha value is -1.39. The number of nitrogens with zero attached hydrogens (tertiary/aromatic N) is 2. The van der Waals surface area contributed by atoms with E-state index in [0.717, 1.165) is 45.8 Å². The number of amides is 1. The van der Waals surface area contributed by atoms with Crippen molar-refractivity contribution in [3.8, 4) is 0 Å². The molecule has 0 aliphatic carbocycles. The van der Waals surface area contributed by atoms with Crippen molar-refractivity contribution in [2.75, 3.05) is 39.3 Å². The lowest BCUT2D eigenvalue weighted by atomic mass is 9.72. The maximum Gasteiger partial charge on any atom is 0.227 e. The maximum atomic E-state index is 12.9. The second kappa shape index (κ2) is 5.67. The Bertz CT molecular complexity index is 535. The Labute approximate surface area is 132 Å². The van der Waals surface area contributed by atoms with Gasteiger partial charge in [-0.3, -0.25) is 9.69 Å². The highest BCUT2D eigenvalue weighted by Crippen LogP contribution is 2.41. The first-order chi connectivity index (χ1) is 10.8. The predicted octanol–water partition coefficient (Wildman–Crippen LogP) is 1.33. The number of carbonyl (C=O) groups is 1. The van der Waals surface area contributed by atoms with E-state index in [2.05, 4.69) is 45.4 Å². The molecule has 1 unspecified atom stereocenters. The second-order valence-corrected chi connectivity index (χ2v) is 7.21. The number of rotatable bonds is 3. The first-order valence-electron chi connectivity index (χ1n) is 8.53. The van der Waals surface area contributed by atoms with Crippen molar-refractivity contribution in [1.82, 2.24) is 15.1 Å². The van der Waals surface area contributed by atoms with Crippen LogP contribution in [0.25, 0.3) is 0 Å². The third-order valence-corrected chi connectivity index (χ3v) is 5.64. The molecule has 1 aromatic carbocycles. The summed E-state index contributed by atoms with van der Waals surface area (Å²) in [4.78, 5) is 17.5. The highest BCUT2D eigenvalue weighted by Gasteiger charge is 2.54. The summed E-state index contributed by atoms with van der Waals surface area (Å²) in [5.41, 5.74) is 1.54. The van der Waals surface area contributed by atoms with Crippen molar-refractivity contribution in [3.05, 3.63) is 35.9 Å². The van der Waals surface area contributed by atoms with E-state index in [1.165, 1.54) is 18.4 Å². The fourth-order valence-corrected chi connectivity index (χ4v) is 4.34. The predicted molar refractivity (Wildman–Crippen MR) is 86.3 cm³/mol. The Morgan fingerprint density at radius 2 is 1.91 bits per heavy atom. The van der Waals surface area contributed by atoms with E-state index < -0.39 is 0 Å². The van der Waals surface area contributed by atoms with E-state index in [4.69, 9.17) is 0 Å². The summed E-state index contributed by atoms with van der Waals surface area (Å²) in [7, 11) is 0. The van der Waals surface area contributed by atoms with Gasteiger partial charge in [-0.25, -0.2) is 0 Å². The molecule has 118 valence electrons. The Balaban J connectivity index is 1.48. The summed E-state index contributed by atoms with van der Waals surface area (Å²) in [5.74, 6) is 0.602. The van der Waals surface area contributed by atoms with Crippen LogP contribution in [-0.4, -0.2) is 55.0 Å². The van der Waals surface area contributed by atoms with E-state index in [0.29, 0.717) is 5.91 Å². The lowest BCUT2D eigenvalue weighted by Gasteiger charge is -2.43. The Morgan fingerprint density at radius 3 is 2.55 bits per heavy atom. The number of carbonyl (C=O) groups excluding carboxylic acids is 1. The van der Waals surface area contributed by atoms with E-state index in [-0.39, 0.29) is 11.3 Å². The zero-order valence-electron chi connectivity index (χ0n) is 13.1. The molecule has 3 heterocycles. The number of hydrogen-bond acceptors (Lipinski definition) is 3. The molecule has 1 amide bonds. The number of nitrogens with one attached hydrogen (secondary N) is 1. The molecular weight excluding hydrogens is 274 g/mol. The molecular formula is C18H25N3O. The molecule has 1 atom stereocenters. The minimum atomic E-state index is 0.189. The molecule has 0 saturated carbocycles. The fraction of sp³-hybridized carbons (Fsp3) is 0.611. The summed E-state index contributed by atoms with van der Waals surface area (Å²) in [6, 6.07) is 10.6. The zero-order chi connectivity index (χ0) is 15.0. The average Bonchev–Trinajstić information content (AvgIpc) is 3.14. The van der Waals surface area contributed by atoms with Crippen LogP contribution in [0.2, 0.25) is 0 Å². The number of likely N-dealkylation sites (tertiary alicyclic amines) is 2. The minimum Gasteiger partial charge on any atom is -0.342 e. The highest BCUT2D eigenvalue weighted by molar-refractivity contribution is 5.81. The zero-order valence-corrected chi connectivity index (χ0v) is 13.1. The van der Waals surface area contributed by atoms with Crippen LogP contribution in [0.4, 0.5) is 0 Å². The summed E-state index contributed by atoms with van der Waals surface area (Å²) in [5, 5.41) is 3.41. The van der Waals surface area contributed by atoms with Gasteiger partial charge in [0, 0.05) is 51.2 Å². The van der Waals surface area contributed by atoms with Crippen LogP contribution >= 0.6 is 0 Å². The van der Waals surface area contributed by atoms with E-state index in [1.807, 2.05) is 0 Å². The molecule has 3 saturated heterocycles. The van der Waals surface area contributed by atoms with E-state index >= 15 is 0 Å². The molecule has 4 heteroatoms. The average molecular weight is 299 g/mol. The van der Waals surface area contributed by atoms with Gasteiger partial charge in [-0.2, -0.15) is 0 Å². The summed E-state index contributed by atoms with van der Waals surface area (Å²) in [6.45, 7) is 6.89. The molecule has 1 aromatic rings. The van der Waals surface area contributed by atoms with E-state index in [1.54, 1.807) is 0 Å². The first-order valence-corrected chi connectivity index (χ1v) is 8.53. The van der Waals surface area contributed by atoms with Crippen molar-refractivity contribution >= 4 is 5.91 Å². The standard InChI is InChI=1S/C18H25N3O/c22-17(21-8-4-5-9-21)16-11-20(14-18(16)12-19-13-18)10-15-6-2-1-3-7-15/h1-3,6-7,16,19H,4-5,8-14H2. The van der Waals surface area contributed by atoms with Gasteiger partial charge in [0.05, 0.1) is 5.92 Å². The molecule has 4 nitrogen and oxygen atoms in total. The van der Waals surface area contributed by atoms with Crippen LogP contribution in [-0.2, 0) is 11.3 Å². The van der Waals surface area contributed by atoms with Crippen molar-refractivity contribution < 1.29 is 4.79 Å². The number of hydrogen-bond donors (Lipinski definition) is 1. The third kappa shape index (κ3) is 2.44. The van der Waals surface area contributed by atoms with Gasteiger partial charge < -0.3 is 10.2 Å². The summed E-state index contributed by atoms with van der Waals surface area (Å²) >= 11 is 0.